The summed E-state index contributed by atoms with van der Waals surface area (Å²) in [6.45, 7) is 5.18. The van der Waals surface area contributed by atoms with Gasteiger partial charge in [0.15, 0.2) is 0 Å². The molecule has 0 spiro atoms. The first-order chi connectivity index (χ1) is 7.95. The summed E-state index contributed by atoms with van der Waals surface area (Å²) in [6.07, 6.45) is 1.74. The van der Waals surface area contributed by atoms with Crippen LogP contribution in [0.2, 0.25) is 0 Å². The van der Waals surface area contributed by atoms with E-state index in [1.54, 1.807) is 13.8 Å². The van der Waals surface area contributed by atoms with E-state index in [0.717, 1.165) is 6.42 Å². The lowest BCUT2D eigenvalue weighted by atomic mass is 9.94. The van der Waals surface area contributed by atoms with Crippen LogP contribution in [-0.4, -0.2) is 41.5 Å². The van der Waals surface area contributed by atoms with Crippen molar-refractivity contribution in [3.63, 3.8) is 0 Å². The molecule has 1 N–H and O–H groups in total. The Bertz CT molecular complexity index is 305. The Balaban J connectivity index is 2.85. The lowest BCUT2D eigenvalue weighted by Gasteiger charge is -2.44. The number of alkyl halides is 1. The van der Waals surface area contributed by atoms with Crippen LogP contribution in [0.15, 0.2) is 0 Å². The number of carbonyl (C=O) groups is 2. The first-order valence-corrected chi connectivity index (χ1v) is 6.13. The first kappa shape index (κ1) is 13.9. The van der Waals surface area contributed by atoms with Crippen molar-refractivity contribution in [3.8, 4) is 0 Å². The van der Waals surface area contributed by atoms with Gasteiger partial charge in [-0.2, -0.15) is 0 Å². The predicted molar refractivity (Wildman–Crippen MR) is 63.2 cm³/mol. The number of hydrogen-bond donors (Lipinski definition) is 1. The van der Waals surface area contributed by atoms with E-state index in [-0.39, 0.29) is 18.2 Å². The number of amides is 2. The molecule has 1 heterocycles. The Hall–Kier alpha value is -1.13. The van der Waals surface area contributed by atoms with Gasteiger partial charge in [0.1, 0.15) is 11.6 Å². The average molecular weight is 244 g/mol. The zero-order valence-corrected chi connectivity index (χ0v) is 10.8. The number of halogens is 1. The Morgan fingerprint density at radius 1 is 1.41 bits per heavy atom. The van der Waals surface area contributed by atoms with Gasteiger partial charge in [-0.05, 0) is 26.7 Å². The van der Waals surface area contributed by atoms with Gasteiger partial charge in [-0.15, -0.1) is 0 Å². The van der Waals surface area contributed by atoms with Crippen LogP contribution in [0.3, 0.4) is 0 Å². The molecule has 1 atom stereocenters. The number of rotatable bonds is 5. The number of hydrogen-bond acceptors (Lipinski definition) is 2. The topological polar surface area (TPSA) is 49.4 Å². The van der Waals surface area contributed by atoms with Gasteiger partial charge >= 0.3 is 0 Å². The van der Waals surface area contributed by atoms with Crippen molar-refractivity contribution in [1.82, 2.24) is 10.2 Å². The molecule has 4 nitrogen and oxygen atoms in total. The molecular formula is C12H21FN2O2. The Kier molecular flexibility index (Phi) is 4.48. The summed E-state index contributed by atoms with van der Waals surface area (Å²) in [5, 5.41) is 2.74. The molecule has 0 aromatic carbocycles. The number of carbonyl (C=O) groups excluding carboxylic acids is 2. The molecule has 0 radical (unpaired) electrons. The van der Waals surface area contributed by atoms with E-state index >= 15 is 0 Å². The summed E-state index contributed by atoms with van der Waals surface area (Å²) in [5.74, 6) is -0.251. The van der Waals surface area contributed by atoms with Gasteiger partial charge in [0.25, 0.3) is 0 Å². The standard InChI is InChI=1S/C12H21FN2O2/c1-4-6-9-10(16)15(8-5-7-13)12(2,3)11(17)14-9/h9H,4-8H2,1-3H3,(H,14,17). The van der Waals surface area contributed by atoms with E-state index < -0.39 is 18.3 Å². The fourth-order valence-electron chi connectivity index (χ4n) is 2.07. The van der Waals surface area contributed by atoms with E-state index in [1.807, 2.05) is 6.92 Å². The minimum Gasteiger partial charge on any atom is -0.342 e. The third-order valence-corrected chi connectivity index (χ3v) is 3.19. The van der Waals surface area contributed by atoms with Crippen molar-refractivity contribution < 1.29 is 14.0 Å². The summed E-state index contributed by atoms with van der Waals surface area (Å²) in [7, 11) is 0. The monoisotopic (exact) mass is 244 g/mol. The van der Waals surface area contributed by atoms with Crippen LogP contribution in [0.4, 0.5) is 4.39 Å². The molecular weight excluding hydrogens is 223 g/mol. The number of nitrogens with one attached hydrogen (secondary N) is 1. The highest BCUT2D eigenvalue weighted by atomic mass is 19.1. The van der Waals surface area contributed by atoms with Crippen molar-refractivity contribution in [1.29, 1.82) is 0 Å². The molecule has 1 saturated heterocycles. The molecule has 0 bridgehead atoms. The zero-order valence-electron chi connectivity index (χ0n) is 10.8. The molecule has 1 aliphatic heterocycles. The molecule has 0 aromatic heterocycles. The fourth-order valence-corrected chi connectivity index (χ4v) is 2.07. The third-order valence-electron chi connectivity index (χ3n) is 3.19. The predicted octanol–water partition coefficient (Wildman–Crippen LogP) is 1.25. The molecule has 2 amide bonds. The van der Waals surface area contributed by atoms with Crippen LogP contribution < -0.4 is 5.32 Å². The first-order valence-electron chi connectivity index (χ1n) is 6.13. The van der Waals surface area contributed by atoms with Gasteiger partial charge < -0.3 is 10.2 Å². The van der Waals surface area contributed by atoms with Gasteiger partial charge in [0.2, 0.25) is 11.8 Å². The highest BCUT2D eigenvalue weighted by Crippen LogP contribution is 2.22. The highest BCUT2D eigenvalue weighted by Gasteiger charge is 2.45. The molecule has 1 aliphatic rings. The van der Waals surface area contributed by atoms with Crippen LogP contribution in [0.25, 0.3) is 0 Å². The summed E-state index contributed by atoms with van der Waals surface area (Å²) < 4.78 is 12.2. The largest absolute Gasteiger partial charge is 0.342 e. The molecule has 5 heteroatoms. The fraction of sp³-hybridized carbons (Fsp3) is 0.833. The molecule has 0 aliphatic carbocycles. The lowest BCUT2D eigenvalue weighted by molar-refractivity contribution is -0.155. The maximum Gasteiger partial charge on any atom is 0.246 e. The minimum absolute atomic E-state index is 0.0927. The molecule has 1 rings (SSSR count). The van der Waals surface area contributed by atoms with Crippen molar-refractivity contribution in [2.45, 2.75) is 51.6 Å². The van der Waals surface area contributed by atoms with Crippen LogP contribution in [-0.2, 0) is 9.59 Å². The van der Waals surface area contributed by atoms with Crippen molar-refractivity contribution >= 4 is 11.8 Å². The Morgan fingerprint density at radius 3 is 2.59 bits per heavy atom. The zero-order chi connectivity index (χ0) is 13.1. The van der Waals surface area contributed by atoms with Gasteiger partial charge in [0, 0.05) is 6.54 Å². The van der Waals surface area contributed by atoms with Crippen molar-refractivity contribution in [2.75, 3.05) is 13.2 Å². The van der Waals surface area contributed by atoms with Crippen molar-refractivity contribution in [3.05, 3.63) is 0 Å². The van der Waals surface area contributed by atoms with Crippen molar-refractivity contribution in [2.24, 2.45) is 0 Å². The molecule has 0 aromatic rings. The molecule has 1 unspecified atom stereocenters. The van der Waals surface area contributed by atoms with E-state index in [1.165, 1.54) is 4.90 Å². The second-order valence-electron chi connectivity index (χ2n) is 4.91. The molecule has 98 valence electrons. The third kappa shape index (κ3) is 2.76. The van der Waals surface area contributed by atoms with E-state index in [9.17, 15) is 14.0 Å². The van der Waals surface area contributed by atoms with Crippen LogP contribution in [0.5, 0.6) is 0 Å². The van der Waals surface area contributed by atoms with E-state index in [2.05, 4.69) is 5.32 Å². The molecule has 0 saturated carbocycles. The van der Waals surface area contributed by atoms with Crippen LogP contribution in [0, 0.1) is 0 Å². The summed E-state index contributed by atoms with van der Waals surface area (Å²) in [5.41, 5.74) is -0.878. The molecule has 17 heavy (non-hydrogen) atoms. The normalized spacial score (nSPS) is 23.8. The van der Waals surface area contributed by atoms with E-state index in [4.69, 9.17) is 0 Å². The maximum atomic E-state index is 12.2. The van der Waals surface area contributed by atoms with Gasteiger partial charge in [-0.25, -0.2) is 0 Å². The lowest BCUT2D eigenvalue weighted by Crippen LogP contribution is -2.68. The second kappa shape index (κ2) is 5.47. The van der Waals surface area contributed by atoms with Crippen LogP contribution in [0.1, 0.15) is 40.0 Å². The average Bonchev–Trinajstić information content (AvgIpc) is 2.26. The quantitative estimate of drug-likeness (QED) is 0.791. The Labute approximate surface area is 102 Å². The SMILES string of the molecule is CCCC1NC(=O)C(C)(C)N(CCCF)C1=O. The Morgan fingerprint density at radius 2 is 2.06 bits per heavy atom. The second-order valence-corrected chi connectivity index (χ2v) is 4.91. The highest BCUT2D eigenvalue weighted by molar-refractivity contribution is 5.99. The van der Waals surface area contributed by atoms with Gasteiger partial charge in [-0.1, -0.05) is 13.3 Å². The summed E-state index contributed by atoms with van der Waals surface area (Å²) in [6, 6.07) is -0.444. The number of nitrogens with zero attached hydrogens (tertiary/aromatic N) is 1. The van der Waals surface area contributed by atoms with E-state index in [0.29, 0.717) is 13.0 Å². The molecule has 1 fully saturated rings. The van der Waals surface area contributed by atoms with Gasteiger partial charge in [-0.3, -0.25) is 14.0 Å². The van der Waals surface area contributed by atoms with Gasteiger partial charge in [0.05, 0.1) is 6.67 Å². The minimum atomic E-state index is -0.878. The summed E-state index contributed by atoms with van der Waals surface area (Å²) in [4.78, 5) is 25.6. The summed E-state index contributed by atoms with van der Waals surface area (Å²) >= 11 is 0. The smallest absolute Gasteiger partial charge is 0.246 e. The van der Waals surface area contributed by atoms with Crippen LogP contribution >= 0.6 is 0 Å². The maximum absolute atomic E-state index is 12.2. The number of piperazine rings is 1.